The second kappa shape index (κ2) is 7.65. The third-order valence-corrected chi connectivity index (χ3v) is 4.63. The summed E-state index contributed by atoms with van der Waals surface area (Å²) in [6.07, 6.45) is 2.61. The molecule has 2 aromatic heterocycles. The fourth-order valence-electron chi connectivity index (χ4n) is 2.65. The van der Waals surface area contributed by atoms with Gasteiger partial charge >= 0.3 is 0 Å². The Hall–Kier alpha value is -2.74. The molecule has 0 bridgehead atoms. The minimum Gasteiger partial charge on any atom is -0.309 e. The molecule has 0 spiro atoms. The zero-order chi connectivity index (χ0) is 18.7. The van der Waals surface area contributed by atoms with E-state index >= 15 is 0 Å². The number of hydrogen-bond donors (Lipinski definition) is 2. The number of carbonyl (C=O) groups excluding carboxylic acids is 1. The van der Waals surface area contributed by atoms with Gasteiger partial charge in [-0.2, -0.15) is 10.2 Å². The van der Waals surface area contributed by atoms with Crippen molar-refractivity contribution in [2.75, 3.05) is 5.32 Å². The molecule has 1 unspecified atom stereocenters. The molecule has 0 radical (unpaired) electrons. The number of aromatic amines is 1. The predicted molar refractivity (Wildman–Crippen MR) is 103 cm³/mol. The van der Waals surface area contributed by atoms with Gasteiger partial charge in [0.25, 0.3) is 0 Å². The van der Waals surface area contributed by atoms with Crippen molar-refractivity contribution in [3.8, 4) is 11.4 Å². The molecule has 1 aromatic carbocycles. The first-order chi connectivity index (χ1) is 12.5. The SMILES string of the molecule is CCC(C)n1nccc1NC(=O)Cn1c(-c2ccc(C)cc2)n[nH]c1=S. The molecule has 0 fully saturated rings. The van der Waals surface area contributed by atoms with Crippen molar-refractivity contribution in [2.45, 2.75) is 39.8 Å². The van der Waals surface area contributed by atoms with E-state index in [-0.39, 0.29) is 18.5 Å². The average Bonchev–Trinajstić information content (AvgIpc) is 3.22. The molecular weight excluding hydrogens is 348 g/mol. The van der Waals surface area contributed by atoms with Crippen molar-refractivity contribution < 1.29 is 4.79 Å². The van der Waals surface area contributed by atoms with Gasteiger partial charge < -0.3 is 5.32 Å². The van der Waals surface area contributed by atoms with Gasteiger partial charge in [-0.1, -0.05) is 36.8 Å². The highest BCUT2D eigenvalue weighted by Crippen LogP contribution is 2.19. The Balaban J connectivity index is 1.81. The molecule has 136 valence electrons. The maximum Gasteiger partial charge on any atom is 0.245 e. The number of rotatable bonds is 6. The molecular formula is C18H22N6OS. The van der Waals surface area contributed by atoms with E-state index < -0.39 is 0 Å². The highest BCUT2D eigenvalue weighted by molar-refractivity contribution is 7.71. The number of carbonyl (C=O) groups is 1. The maximum atomic E-state index is 12.6. The zero-order valence-electron chi connectivity index (χ0n) is 15.1. The third kappa shape index (κ3) is 3.75. The van der Waals surface area contributed by atoms with Crippen molar-refractivity contribution in [1.82, 2.24) is 24.5 Å². The Bertz CT molecular complexity index is 953. The van der Waals surface area contributed by atoms with Crippen LogP contribution in [0.1, 0.15) is 31.9 Å². The number of H-pyrrole nitrogens is 1. The van der Waals surface area contributed by atoms with Gasteiger partial charge in [0.15, 0.2) is 10.6 Å². The first kappa shape index (κ1) is 18.1. The molecule has 0 saturated heterocycles. The maximum absolute atomic E-state index is 12.6. The second-order valence-electron chi connectivity index (χ2n) is 6.27. The van der Waals surface area contributed by atoms with Crippen LogP contribution in [0.4, 0.5) is 5.82 Å². The lowest BCUT2D eigenvalue weighted by Gasteiger charge is -2.14. The lowest BCUT2D eigenvalue weighted by Crippen LogP contribution is -2.22. The zero-order valence-corrected chi connectivity index (χ0v) is 15.9. The molecule has 0 aliphatic rings. The molecule has 3 rings (SSSR count). The van der Waals surface area contributed by atoms with Crippen LogP contribution in [0.15, 0.2) is 36.5 Å². The molecule has 1 atom stereocenters. The fourth-order valence-corrected chi connectivity index (χ4v) is 2.85. The highest BCUT2D eigenvalue weighted by Gasteiger charge is 2.15. The predicted octanol–water partition coefficient (Wildman–Crippen LogP) is 3.72. The van der Waals surface area contributed by atoms with Crippen LogP contribution in [0.5, 0.6) is 0 Å². The molecule has 2 N–H and O–H groups in total. The largest absolute Gasteiger partial charge is 0.309 e. The van der Waals surface area contributed by atoms with Crippen LogP contribution in [-0.2, 0) is 11.3 Å². The van der Waals surface area contributed by atoms with Gasteiger partial charge in [0.2, 0.25) is 5.91 Å². The van der Waals surface area contributed by atoms with Gasteiger partial charge in [-0.3, -0.25) is 14.5 Å². The van der Waals surface area contributed by atoms with Crippen LogP contribution in [0, 0.1) is 11.7 Å². The monoisotopic (exact) mass is 370 g/mol. The molecule has 8 heteroatoms. The summed E-state index contributed by atoms with van der Waals surface area (Å²) >= 11 is 5.30. The number of aromatic nitrogens is 5. The molecule has 3 aromatic rings. The summed E-state index contributed by atoms with van der Waals surface area (Å²) in [7, 11) is 0. The summed E-state index contributed by atoms with van der Waals surface area (Å²) < 4.78 is 3.92. The van der Waals surface area contributed by atoms with E-state index in [2.05, 4.69) is 34.5 Å². The first-order valence-electron chi connectivity index (χ1n) is 8.55. The van der Waals surface area contributed by atoms with E-state index in [9.17, 15) is 4.79 Å². The number of nitrogens with zero attached hydrogens (tertiary/aromatic N) is 4. The van der Waals surface area contributed by atoms with E-state index in [0.717, 1.165) is 17.5 Å². The van der Waals surface area contributed by atoms with Crippen molar-refractivity contribution in [3.05, 3.63) is 46.9 Å². The summed E-state index contributed by atoms with van der Waals surface area (Å²) in [4.78, 5) is 12.6. The highest BCUT2D eigenvalue weighted by atomic mass is 32.1. The van der Waals surface area contributed by atoms with Gasteiger partial charge in [-0.15, -0.1) is 0 Å². The van der Waals surface area contributed by atoms with Gasteiger partial charge in [-0.25, -0.2) is 4.68 Å². The number of aryl methyl sites for hydroxylation is 1. The quantitative estimate of drug-likeness (QED) is 0.648. The summed E-state index contributed by atoms with van der Waals surface area (Å²) in [5.41, 5.74) is 2.06. The topological polar surface area (TPSA) is 80.5 Å². The summed E-state index contributed by atoms with van der Waals surface area (Å²) in [6.45, 7) is 6.24. The van der Waals surface area contributed by atoms with Gasteiger partial charge in [-0.05, 0) is 32.5 Å². The van der Waals surface area contributed by atoms with Crippen LogP contribution in [0.3, 0.4) is 0 Å². The molecule has 7 nitrogen and oxygen atoms in total. The summed E-state index contributed by atoms with van der Waals surface area (Å²) in [5, 5.41) is 14.2. The molecule has 0 aliphatic heterocycles. The first-order valence-corrected chi connectivity index (χ1v) is 8.96. The van der Waals surface area contributed by atoms with E-state index in [1.54, 1.807) is 16.8 Å². The molecule has 0 saturated carbocycles. The minimum atomic E-state index is -0.180. The molecule has 0 aliphatic carbocycles. The van der Waals surface area contributed by atoms with Crippen molar-refractivity contribution in [1.29, 1.82) is 0 Å². The Morgan fingerprint density at radius 2 is 2.04 bits per heavy atom. The van der Waals surface area contributed by atoms with Crippen LogP contribution in [0.25, 0.3) is 11.4 Å². The van der Waals surface area contributed by atoms with Crippen LogP contribution in [0.2, 0.25) is 0 Å². The number of anilines is 1. The number of nitrogens with one attached hydrogen (secondary N) is 2. The van der Waals surface area contributed by atoms with E-state index in [0.29, 0.717) is 16.4 Å². The molecule has 26 heavy (non-hydrogen) atoms. The summed E-state index contributed by atoms with van der Waals surface area (Å²) in [5.74, 6) is 1.14. The van der Waals surface area contributed by atoms with Crippen molar-refractivity contribution in [2.24, 2.45) is 0 Å². The smallest absolute Gasteiger partial charge is 0.245 e. The second-order valence-corrected chi connectivity index (χ2v) is 6.66. The van der Waals surface area contributed by atoms with Gasteiger partial charge in [0.1, 0.15) is 12.4 Å². The van der Waals surface area contributed by atoms with Gasteiger partial charge in [0, 0.05) is 11.6 Å². The lowest BCUT2D eigenvalue weighted by molar-refractivity contribution is -0.116. The fraction of sp³-hybridized carbons (Fsp3) is 0.333. The summed E-state index contributed by atoms with van der Waals surface area (Å²) in [6, 6.07) is 9.93. The number of amides is 1. The Morgan fingerprint density at radius 1 is 1.31 bits per heavy atom. The average molecular weight is 370 g/mol. The van der Waals surface area contributed by atoms with Crippen molar-refractivity contribution in [3.63, 3.8) is 0 Å². The number of benzene rings is 1. The van der Waals surface area contributed by atoms with Gasteiger partial charge in [0.05, 0.1) is 12.2 Å². The Labute approximate surface area is 157 Å². The Morgan fingerprint density at radius 3 is 2.73 bits per heavy atom. The Kier molecular flexibility index (Phi) is 5.32. The van der Waals surface area contributed by atoms with E-state index in [1.807, 2.05) is 35.9 Å². The van der Waals surface area contributed by atoms with Crippen LogP contribution >= 0.6 is 12.2 Å². The van der Waals surface area contributed by atoms with Crippen molar-refractivity contribution >= 4 is 23.9 Å². The normalized spacial score (nSPS) is 12.1. The minimum absolute atomic E-state index is 0.0736. The molecule has 1 amide bonds. The van der Waals surface area contributed by atoms with Crippen LogP contribution in [-0.4, -0.2) is 30.5 Å². The third-order valence-electron chi connectivity index (χ3n) is 4.32. The number of hydrogen-bond acceptors (Lipinski definition) is 4. The molecule has 2 heterocycles. The van der Waals surface area contributed by atoms with E-state index in [4.69, 9.17) is 12.2 Å². The van der Waals surface area contributed by atoms with E-state index in [1.165, 1.54) is 0 Å². The van der Waals surface area contributed by atoms with Crippen LogP contribution < -0.4 is 5.32 Å². The lowest BCUT2D eigenvalue weighted by atomic mass is 10.1. The standard InChI is InChI=1S/C18H22N6OS/c1-4-13(3)24-15(9-10-19-24)20-16(25)11-23-17(21-22-18(23)26)14-7-5-12(2)6-8-14/h5-10,13H,4,11H2,1-3H3,(H,20,25)(H,22,26).